The van der Waals surface area contributed by atoms with Crippen LogP contribution in [0.3, 0.4) is 0 Å². The molecule has 24 heavy (non-hydrogen) atoms. The average Bonchev–Trinajstić information content (AvgIpc) is 2.93. The molecule has 2 aliphatic carbocycles. The van der Waals surface area contributed by atoms with Gasteiger partial charge in [-0.05, 0) is 43.4 Å². The highest BCUT2D eigenvalue weighted by Crippen LogP contribution is 2.53. The first-order valence-corrected chi connectivity index (χ1v) is 7.95. The van der Waals surface area contributed by atoms with Crippen LogP contribution in [0.15, 0.2) is 0 Å². The van der Waals surface area contributed by atoms with Gasteiger partial charge in [-0.1, -0.05) is 12.7 Å². The van der Waals surface area contributed by atoms with Gasteiger partial charge in [-0.25, -0.2) is 0 Å². The van der Waals surface area contributed by atoms with E-state index in [9.17, 15) is 23.1 Å². The zero-order valence-corrected chi connectivity index (χ0v) is 13.4. The number of fused-ring (bicyclic) bond motifs is 1. The van der Waals surface area contributed by atoms with Gasteiger partial charge < -0.3 is 26.7 Å². The van der Waals surface area contributed by atoms with Gasteiger partial charge in [-0.2, -0.15) is 13.2 Å². The highest BCUT2D eigenvalue weighted by atomic mass is 19.4. The molecule has 5 atom stereocenters. The second kappa shape index (κ2) is 8.03. The van der Waals surface area contributed by atoms with Gasteiger partial charge in [-0.3, -0.25) is 4.79 Å². The molecule has 0 heterocycles. The molecule has 0 aromatic heterocycles. The first kappa shape index (κ1) is 21.2. The van der Waals surface area contributed by atoms with Crippen molar-refractivity contribution in [2.24, 2.45) is 23.5 Å². The van der Waals surface area contributed by atoms with Crippen LogP contribution in [0.5, 0.6) is 0 Å². The van der Waals surface area contributed by atoms with Crippen LogP contribution in [-0.2, 0) is 4.79 Å². The number of aliphatic carboxylic acids is 1. The van der Waals surface area contributed by atoms with Gasteiger partial charge >= 0.3 is 12.1 Å². The molecule has 2 saturated carbocycles. The molecule has 10 heteroatoms. The van der Waals surface area contributed by atoms with E-state index in [0.717, 1.165) is 7.48 Å². The molecular formula is C14H25BF3N2O4. The lowest BCUT2D eigenvalue weighted by Gasteiger charge is -2.31. The van der Waals surface area contributed by atoms with Crippen LogP contribution >= 0.6 is 0 Å². The monoisotopic (exact) mass is 353 g/mol. The van der Waals surface area contributed by atoms with Crippen LogP contribution in [0.4, 0.5) is 13.2 Å². The van der Waals surface area contributed by atoms with E-state index in [1.165, 1.54) is 0 Å². The lowest BCUT2D eigenvalue weighted by molar-refractivity contribution is -0.145. The van der Waals surface area contributed by atoms with Crippen LogP contribution in [0.25, 0.3) is 0 Å². The highest BCUT2D eigenvalue weighted by molar-refractivity contribution is 6.25. The van der Waals surface area contributed by atoms with Crippen molar-refractivity contribution in [3.8, 4) is 0 Å². The fraction of sp³-hybridized carbons (Fsp3) is 0.929. The Balaban J connectivity index is 0.00000288. The number of carboxylic acids is 1. The minimum absolute atomic E-state index is 0. The number of nitrogens with one attached hydrogen (secondary N) is 1. The molecule has 0 aromatic rings. The minimum atomic E-state index is -4.24. The molecular weight excluding hydrogens is 328 g/mol. The number of rotatable bonds is 7. The molecule has 2 fully saturated rings. The molecule has 0 saturated heterocycles. The molecule has 7 N–H and O–H groups in total. The summed E-state index contributed by atoms with van der Waals surface area (Å²) in [6.45, 7) is -1.02. The lowest BCUT2D eigenvalue weighted by atomic mass is 9.77. The second-order valence-corrected chi connectivity index (χ2v) is 6.86. The maximum absolute atomic E-state index is 12.3. The third kappa shape index (κ3) is 4.62. The number of hydrogen-bond donors (Lipinski definition) is 4. The van der Waals surface area contributed by atoms with Gasteiger partial charge in [-0.15, -0.1) is 0 Å². The van der Waals surface area contributed by atoms with E-state index in [4.69, 9.17) is 10.8 Å². The van der Waals surface area contributed by atoms with Gasteiger partial charge in [0.05, 0.1) is 6.54 Å². The van der Waals surface area contributed by atoms with E-state index in [1.807, 2.05) is 0 Å². The molecule has 0 spiro atoms. The summed E-state index contributed by atoms with van der Waals surface area (Å²) >= 11 is 0. The van der Waals surface area contributed by atoms with Crippen molar-refractivity contribution >= 4 is 13.5 Å². The topological polar surface area (TPSA) is 127 Å². The molecule has 0 unspecified atom stereocenters. The summed E-state index contributed by atoms with van der Waals surface area (Å²) in [7, 11) is 1.04. The molecule has 2 rings (SSSR count). The van der Waals surface area contributed by atoms with E-state index in [1.54, 1.807) is 0 Å². The van der Waals surface area contributed by atoms with Crippen molar-refractivity contribution in [3.05, 3.63) is 0 Å². The number of carboxylic acid groups (broad SMARTS) is 1. The van der Waals surface area contributed by atoms with Gasteiger partial charge in [0.15, 0.2) is 0 Å². The first-order chi connectivity index (χ1) is 10.7. The molecule has 0 bridgehead atoms. The Hall–Kier alpha value is -0.835. The normalized spacial score (nSPS) is 35.4. The fourth-order valence-electron chi connectivity index (χ4n) is 4.43. The van der Waals surface area contributed by atoms with E-state index >= 15 is 0 Å². The van der Waals surface area contributed by atoms with E-state index in [0.29, 0.717) is 38.4 Å². The quantitative estimate of drug-likeness (QED) is 0.387. The summed E-state index contributed by atoms with van der Waals surface area (Å²) in [5, 5.41) is 20.8. The van der Waals surface area contributed by atoms with Gasteiger partial charge in [0.2, 0.25) is 0 Å². The van der Waals surface area contributed by atoms with Crippen molar-refractivity contribution in [1.29, 1.82) is 0 Å². The Labute approximate surface area is 139 Å². The minimum Gasteiger partial charge on any atom is -0.480 e. The summed E-state index contributed by atoms with van der Waals surface area (Å²) in [6.07, 6.45) is -1.23. The Bertz CT molecular complexity index is 441. The van der Waals surface area contributed by atoms with Crippen molar-refractivity contribution in [1.82, 2.24) is 5.32 Å². The average molecular weight is 353 g/mol. The molecule has 0 aliphatic heterocycles. The predicted molar refractivity (Wildman–Crippen MR) is 82.3 cm³/mol. The summed E-state index contributed by atoms with van der Waals surface area (Å²) in [5.74, 6) is -1.22. The molecule has 1 radical (unpaired) electrons. The molecule has 6 nitrogen and oxygen atoms in total. The summed E-state index contributed by atoms with van der Waals surface area (Å²) in [4.78, 5) is 11.6. The Morgan fingerprint density at radius 1 is 1.38 bits per heavy atom. The maximum atomic E-state index is 12.3. The summed E-state index contributed by atoms with van der Waals surface area (Å²) in [5.41, 5.74) is 4.83. The predicted octanol–water partition coefficient (Wildman–Crippen LogP) is 0.320. The van der Waals surface area contributed by atoms with Crippen molar-refractivity contribution in [2.75, 3.05) is 6.54 Å². The van der Waals surface area contributed by atoms with Gasteiger partial charge in [0, 0.05) is 6.04 Å². The Morgan fingerprint density at radius 2 is 2.04 bits per heavy atom. The molecule has 0 amide bonds. The number of alkyl halides is 3. The zero-order chi connectivity index (χ0) is 17.3. The van der Waals surface area contributed by atoms with Crippen molar-refractivity contribution < 1.29 is 33.6 Å². The summed E-state index contributed by atoms with van der Waals surface area (Å²) in [6, 6.07) is -0.239. The Morgan fingerprint density at radius 3 is 2.58 bits per heavy atom. The Kier molecular flexibility index (Phi) is 7.10. The standard InChI is InChI=1S/C14H23BF3N2O3.H2O/c16-14(17,18)7-20-9-4-8-6-13(19,12(21)22)11(10(8)5-9)2-1-3-15-23;/h8-11,20,23H,1-7,19H2,(H,21,22);1H2/t8-,9-,10-,11+,13+;/m1./s1. The van der Waals surface area contributed by atoms with E-state index in [2.05, 4.69) is 5.32 Å². The van der Waals surface area contributed by atoms with Gasteiger partial charge in [0.1, 0.15) is 5.54 Å². The number of hydrogen-bond acceptors (Lipinski definition) is 4. The maximum Gasteiger partial charge on any atom is 0.401 e. The first-order valence-electron chi connectivity index (χ1n) is 7.95. The molecule has 2 aliphatic rings. The highest BCUT2D eigenvalue weighted by Gasteiger charge is 2.58. The van der Waals surface area contributed by atoms with E-state index < -0.39 is 24.2 Å². The van der Waals surface area contributed by atoms with Crippen LogP contribution < -0.4 is 11.1 Å². The van der Waals surface area contributed by atoms with Crippen LogP contribution in [0.2, 0.25) is 6.32 Å². The van der Waals surface area contributed by atoms with Crippen molar-refractivity contribution in [2.45, 2.75) is 56.2 Å². The number of nitrogens with two attached hydrogens (primary N) is 1. The van der Waals surface area contributed by atoms with Crippen LogP contribution in [-0.4, -0.2) is 53.4 Å². The van der Waals surface area contributed by atoms with Crippen molar-refractivity contribution in [3.63, 3.8) is 0 Å². The smallest absolute Gasteiger partial charge is 0.401 e. The zero-order valence-electron chi connectivity index (χ0n) is 13.4. The fourth-order valence-corrected chi connectivity index (χ4v) is 4.43. The summed E-state index contributed by atoms with van der Waals surface area (Å²) < 4.78 is 37.0. The third-order valence-corrected chi connectivity index (χ3v) is 5.37. The third-order valence-electron chi connectivity index (χ3n) is 5.37. The van der Waals surface area contributed by atoms with Crippen LogP contribution in [0.1, 0.15) is 32.1 Å². The largest absolute Gasteiger partial charge is 0.480 e. The molecule has 0 aromatic carbocycles. The lowest BCUT2D eigenvalue weighted by Crippen LogP contribution is -2.52. The number of halogens is 3. The van der Waals surface area contributed by atoms with Crippen LogP contribution in [0, 0.1) is 17.8 Å². The SMILES string of the molecule is N[C@@]1(C(=O)O)C[C@H]2C[C@@H](NCC(F)(F)F)C[C@H]2[C@@H]1CCC[B]O.O. The second-order valence-electron chi connectivity index (χ2n) is 6.86. The van der Waals surface area contributed by atoms with E-state index in [-0.39, 0.29) is 29.3 Å². The van der Waals surface area contributed by atoms with Gasteiger partial charge in [0.25, 0.3) is 7.48 Å². The number of carbonyl (C=O) groups is 1. The molecule has 139 valence electrons.